The lowest BCUT2D eigenvalue weighted by molar-refractivity contribution is -0.137. The van der Waals surface area contributed by atoms with E-state index in [1.807, 2.05) is 0 Å². The van der Waals surface area contributed by atoms with Crippen LogP contribution in [0.5, 0.6) is 0 Å². The van der Waals surface area contributed by atoms with Gasteiger partial charge in [0.2, 0.25) is 0 Å². The van der Waals surface area contributed by atoms with Crippen molar-refractivity contribution in [2.75, 3.05) is 0 Å². The first-order valence-electron chi connectivity index (χ1n) is 3.70. The molecule has 76 valence electrons. The van der Waals surface area contributed by atoms with Gasteiger partial charge in [0.15, 0.2) is 0 Å². The van der Waals surface area contributed by atoms with Gasteiger partial charge in [0.25, 0.3) is 0 Å². The summed E-state index contributed by atoms with van der Waals surface area (Å²) in [5, 5.41) is 0. The van der Waals surface area contributed by atoms with Crippen LogP contribution in [0.4, 0.5) is 13.2 Å². The zero-order valence-corrected chi connectivity index (χ0v) is 8.72. The third kappa shape index (κ3) is 2.45. The molecule has 0 aliphatic rings. The number of halogens is 4. The Morgan fingerprint density at radius 3 is 2.29 bits per heavy atom. The second-order valence-corrected chi connectivity index (χ2v) is 3.81. The lowest BCUT2D eigenvalue weighted by Gasteiger charge is -2.09. The van der Waals surface area contributed by atoms with E-state index in [1.54, 1.807) is 6.92 Å². The molecule has 1 aromatic rings. The number of hydrogen-bond acceptors (Lipinski definition) is 1. The van der Waals surface area contributed by atoms with E-state index in [0.717, 1.165) is 12.1 Å². The number of aryl methyl sites for hydroxylation is 1. The standard InChI is InChI=1S/C9H6ClF3S/c1-5-4-6(9(11,12)13)2-3-7(5)8(10)14/h2-4H,1H3. The maximum Gasteiger partial charge on any atom is 0.416 e. The summed E-state index contributed by atoms with van der Waals surface area (Å²) >= 11 is 10.2. The van der Waals surface area contributed by atoms with Crippen molar-refractivity contribution >= 4 is 28.1 Å². The summed E-state index contributed by atoms with van der Waals surface area (Å²) in [5.41, 5.74) is 0.209. The molecule has 0 amide bonds. The molecule has 1 aromatic carbocycles. The molecule has 14 heavy (non-hydrogen) atoms. The summed E-state index contributed by atoms with van der Waals surface area (Å²) in [5.74, 6) is 0. The topological polar surface area (TPSA) is 0 Å². The molecule has 0 radical (unpaired) electrons. The fourth-order valence-electron chi connectivity index (χ4n) is 1.06. The SMILES string of the molecule is Cc1cc(C(F)(F)F)ccc1C(=S)Cl. The normalized spacial score (nSPS) is 11.5. The van der Waals surface area contributed by atoms with Crippen LogP contribution in [0.15, 0.2) is 18.2 Å². The summed E-state index contributed by atoms with van der Waals surface area (Å²) in [6, 6.07) is 3.29. The van der Waals surface area contributed by atoms with Gasteiger partial charge < -0.3 is 0 Å². The fourth-order valence-corrected chi connectivity index (χ4v) is 1.50. The average molecular weight is 239 g/mol. The lowest BCUT2D eigenvalue weighted by Crippen LogP contribution is -2.06. The molecule has 0 N–H and O–H groups in total. The molecule has 5 heteroatoms. The van der Waals surface area contributed by atoms with E-state index in [9.17, 15) is 13.2 Å². The average Bonchev–Trinajstić information content (AvgIpc) is 2.01. The minimum absolute atomic E-state index is 0.0798. The number of benzene rings is 1. The first kappa shape index (κ1) is 11.5. The Morgan fingerprint density at radius 2 is 1.93 bits per heavy atom. The van der Waals surface area contributed by atoms with Gasteiger partial charge in [0.1, 0.15) is 4.32 Å². The van der Waals surface area contributed by atoms with Crippen LogP contribution in [0.3, 0.4) is 0 Å². The molecule has 1 rings (SSSR count). The molecular weight excluding hydrogens is 233 g/mol. The molecule has 0 unspecified atom stereocenters. The van der Waals surface area contributed by atoms with Gasteiger partial charge in [0, 0.05) is 5.56 Å². The van der Waals surface area contributed by atoms with Crippen LogP contribution < -0.4 is 0 Å². The van der Waals surface area contributed by atoms with Crippen molar-refractivity contribution in [3.8, 4) is 0 Å². The Bertz CT molecular complexity index is 371. The maximum atomic E-state index is 12.2. The zero-order valence-electron chi connectivity index (χ0n) is 7.15. The number of alkyl halides is 3. The van der Waals surface area contributed by atoms with Gasteiger partial charge >= 0.3 is 6.18 Å². The van der Waals surface area contributed by atoms with Crippen LogP contribution in [0, 0.1) is 6.92 Å². The predicted molar refractivity (Wildman–Crippen MR) is 53.7 cm³/mol. The van der Waals surface area contributed by atoms with Gasteiger partial charge in [-0.1, -0.05) is 29.9 Å². The molecule has 0 spiro atoms. The van der Waals surface area contributed by atoms with E-state index < -0.39 is 11.7 Å². The number of thiocarbonyl (C=S) groups is 1. The fraction of sp³-hybridized carbons (Fsp3) is 0.222. The van der Waals surface area contributed by atoms with Crippen molar-refractivity contribution in [1.82, 2.24) is 0 Å². The highest BCUT2D eigenvalue weighted by molar-refractivity contribution is 7.83. The maximum absolute atomic E-state index is 12.2. The molecule has 0 fully saturated rings. The lowest BCUT2D eigenvalue weighted by atomic mass is 10.1. The van der Waals surface area contributed by atoms with E-state index in [-0.39, 0.29) is 4.32 Å². The largest absolute Gasteiger partial charge is 0.416 e. The highest BCUT2D eigenvalue weighted by Crippen LogP contribution is 2.30. The molecular formula is C9H6ClF3S. The van der Waals surface area contributed by atoms with Gasteiger partial charge in [-0.15, -0.1) is 0 Å². The first-order valence-corrected chi connectivity index (χ1v) is 4.48. The van der Waals surface area contributed by atoms with Crippen LogP contribution in [-0.2, 0) is 6.18 Å². The summed E-state index contributed by atoms with van der Waals surface area (Å²) in [4.78, 5) is 0. The third-order valence-corrected chi connectivity index (χ3v) is 2.19. The van der Waals surface area contributed by atoms with Crippen molar-refractivity contribution < 1.29 is 13.2 Å². The van der Waals surface area contributed by atoms with Crippen molar-refractivity contribution in [2.24, 2.45) is 0 Å². The van der Waals surface area contributed by atoms with Crippen molar-refractivity contribution in [3.63, 3.8) is 0 Å². The molecule has 0 aliphatic carbocycles. The summed E-state index contributed by atoms with van der Waals surface area (Å²) in [6.07, 6.45) is -4.32. The van der Waals surface area contributed by atoms with Crippen molar-refractivity contribution in [2.45, 2.75) is 13.1 Å². The molecule has 0 saturated heterocycles. The van der Waals surface area contributed by atoms with E-state index >= 15 is 0 Å². The highest BCUT2D eigenvalue weighted by Gasteiger charge is 2.30. The van der Waals surface area contributed by atoms with Crippen LogP contribution in [-0.4, -0.2) is 4.32 Å². The number of hydrogen-bond donors (Lipinski definition) is 0. The molecule has 0 atom stereocenters. The predicted octanol–water partition coefficient (Wildman–Crippen LogP) is 3.93. The Morgan fingerprint density at radius 1 is 1.36 bits per heavy atom. The minimum atomic E-state index is -4.32. The molecule has 0 bridgehead atoms. The van der Waals surface area contributed by atoms with Gasteiger partial charge in [-0.25, -0.2) is 0 Å². The number of rotatable bonds is 1. The van der Waals surface area contributed by atoms with Crippen LogP contribution in [0.1, 0.15) is 16.7 Å². The Balaban J connectivity index is 3.20. The summed E-state index contributed by atoms with van der Waals surface area (Å²) < 4.78 is 36.8. The van der Waals surface area contributed by atoms with Crippen molar-refractivity contribution in [3.05, 3.63) is 34.9 Å². The smallest absolute Gasteiger partial charge is 0.166 e. The molecule has 0 saturated carbocycles. The minimum Gasteiger partial charge on any atom is -0.166 e. The summed E-state index contributed by atoms with van der Waals surface area (Å²) in [6.45, 7) is 1.54. The van der Waals surface area contributed by atoms with E-state index in [2.05, 4.69) is 12.2 Å². The van der Waals surface area contributed by atoms with Gasteiger partial charge in [-0.05, 0) is 24.6 Å². The zero-order chi connectivity index (χ0) is 10.9. The van der Waals surface area contributed by atoms with Crippen LogP contribution in [0.2, 0.25) is 0 Å². The van der Waals surface area contributed by atoms with Crippen molar-refractivity contribution in [1.29, 1.82) is 0 Å². The van der Waals surface area contributed by atoms with E-state index in [0.29, 0.717) is 11.1 Å². The van der Waals surface area contributed by atoms with Crippen LogP contribution >= 0.6 is 23.8 Å². The highest BCUT2D eigenvalue weighted by atomic mass is 35.5. The molecule has 0 nitrogen and oxygen atoms in total. The molecule has 0 aromatic heterocycles. The van der Waals surface area contributed by atoms with Gasteiger partial charge in [-0.3, -0.25) is 0 Å². The van der Waals surface area contributed by atoms with E-state index in [1.165, 1.54) is 6.07 Å². The Kier molecular flexibility index (Phi) is 3.17. The molecule has 0 aliphatic heterocycles. The first-order chi connectivity index (χ1) is 6.32. The Labute approximate surface area is 89.7 Å². The molecule has 0 heterocycles. The summed E-state index contributed by atoms with van der Waals surface area (Å²) in [7, 11) is 0. The quantitative estimate of drug-likeness (QED) is 0.528. The van der Waals surface area contributed by atoms with Gasteiger partial charge in [0.05, 0.1) is 5.56 Å². The van der Waals surface area contributed by atoms with E-state index in [4.69, 9.17) is 11.6 Å². The second kappa shape index (κ2) is 3.87. The van der Waals surface area contributed by atoms with Gasteiger partial charge in [-0.2, -0.15) is 13.2 Å². The second-order valence-electron chi connectivity index (χ2n) is 2.80. The Hall–Kier alpha value is -0.610. The van der Waals surface area contributed by atoms with Crippen LogP contribution in [0.25, 0.3) is 0 Å². The third-order valence-electron chi connectivity index (χ3n) is 1.77. The monoisotopic (exact) mass is 238 g/mol.